The lowest BCUT2D eigenvalue weighted by molar-refractivity contribution is 0.427. The van der Waals surface area contributed by atoms with Gasteiger partial charge in [-0.15, -0.1) is 0 Å². The summed E-state index contributed by atoms with van der Waals surface area (Å²) in [5.74, 6) is 0.774. The van der Waals surface area contributed by atoms with Crippen molar-refractivity contribution in [1.29, 1.82) is 0 Å². The number of nitrogens with zero attached hydrogens (tertiary/aromatic N) is 2. The number of aromatic nitrogens is 2. The Morgan fingerprint density at radius 2 is 1.88 bits per heavy atom. The van der Waals surface area contributed by atoms with Gasteiger partial charge in [-0.1, -0.05) is 25.9 Å². The van der Waals surface area contributed by atoms with Gasteiger partial charge >= 0.3 is 0 Å². The van der Waals surface area contributed by atoms with Gasteiger partial charge in [-0.2, -0.15) is 0 Å². The SMILES string of the molecule is Cc1cc(-c2cncc(C(C)(C)C)c2)on1. The third kappa shape index (κ3) is 2.13. The van der Waals surface area contributed by atoms with Gasteiger partial charge in [0.2, 0.25) is 0 Å². The quantitative estimate of drug-likeness (QED) is 0.733. The molecule has 0 radical (unpaired) electrons. The van der Waals surface area contributed by atoms with Crippen LogP contribution in [0.4, 0.5) is 0 Å². The maximum Gasteiger partial charge on any atom is 0.168 e. The van der Waals surface area contributed by atoms with E-state index in [1.807, 2.05) is 19.2 Å². The van der Waals surface area contributed by atoms with Crippen molar-refractivity contribution in [2.24, 2.45) is 0 Å². The highest BCUT2D eigenvalue weighted by Crippen LogP contribution is 2.26. The van der Waals surface area contributed by atoms with E-state index in [0.717, 1.165) is 17.0 Å². The van der Waals surface area contributed by atoms with Crippen molar-refractivity contribution in [2.45, 2.75) is 33.1 Å². The second-order valence-corrected chi connectivity index (χ2v) is 5.04. The smallest absolute Gasteiger partial charge is 0.168 e. The molecule has 0 spiro atoms. The fraction of sp³-hybridized carbons (Fsp3) is 0.385. The van der Waals surface area contributed by atoms with E-state index in [1.165, 1.54) is 5.56 Å². The van der Waals surface area contributed by atoms with E-state index in [2.05, 4.69) is 37.0 Å². The van der Waals surface area contributed by atoms with Crippen LogP contribution in [0.3, 0.4) is 0 Å². The Balaban J connectivity index is 2.44. The lowest BCUT2D eigenvalue weighted by Gasteiger charge is -2.18. The average molecular weight is 216 g/mol. The van der Waals surface area contributed by atoms with E-state index in [9.17, 15) is 0 Å². The van der Waals surface area contributed by atoms with Gasteiger partial charge in [-0.3, -0.25) is 4.98 Å². The van der Waals surface area contributed by atoms with Gasteiger partial charge in [0.05, 0.1) is 5.69 Å². The van der Waals surface area contributed by atoms with E-state index in [1.54, 1.807) is 6.20 Å². The van der Waals surface area contributed by atoms with Crippen LogP contribution < -0.4 is 0 Å². The zero-order valence-corrected chi connectivity index (χ0v) is 10.1. The number of pyridine rings is 1. The van der Waals surface area contributed by atoms with Crippen LogP contribution in [0.1, 0.15) is 32.0 Å². The minimum Gasteiger partial charge on any atom is -0.356 e. The Kier molecular flexibility index (Phi) is 2.54. The zero-order chi connectivity index (χ0) is 11.8. The summed E-state index contributed by atoms with van der Waals surface area (Å²) in [7, 11) is 0. The summed E-state index contributed by atoms with van der Waals surface area (Å²) in [5.41, 5.74) is 3.15. The molecule has 2 aromatic heterocycles. The summed E-state index contributed by atoms with van der Waals surface area (Å²) in [6, 6.07) is 4.02. The van der Waals surface area contributed by atoms with Gasteiger partial charge in [0, 0.05) is 24.0 Å². The lowest BCUT2D eigenvalue weighted by atomic mass is 9.87. The van der Waals surface area contributed by atoms with E-state index in [0.29, 0.717) is 0 Å². The van der Waals surface area contributed by atoms with E-state index in [4.69, 9.17) is 4.52 Å². The van der Waals surface area contributed by atoms with E-state index >= 15 is 0 Å². The first-order chi connectivity index (χ1) is 7.47. The molecule has 16 heavy (non-hydrogen) atoms. The molecule has 0 aliphatic carbocycles. The molecular weight excluding hydrogens is 200 g/mol. The lowest BCUT2D eigenvalue weighted by Crippen LogP contribution is -2.11. The molecule has 3 nitrogen and oxygen atoms in total. The highest BCUT2D eigenvalue weighted by atomic mass is 16.5. The van der Waals surface area contributed by atoms with Crippen LogP contribution in [0, 0.1) is 6.92 Å². The molecule has 0 unspecified atom stereocenters. The molecule has 0 amide bonds. The predicted molar refractivity (Wildman–Crippen MR) is 63.2 cm³/mol. The largest absolute Gasteiger partial charge is 0.356 e. The number of hydrogen-bond donors (Lipinski definition) is 0. The Bertz CT molecular complexity index is 495. The highest BCUT2D eigenvalue weighted by Gasteiger charge is 2.15. The molecule has 0 saturated carbocycles. The molecule has 0 fully saturated rings. The van der Waals surface area contributed by atoms with Crippen molar-refractivity contribution in [3.63, 3.8) is 0 Å². The monoisotopic (exact) mass is 216 g/mol. The second-order valence-electron chi connectivity index (χ2n) is 5.04. The van der Waals surface area contributed by atoms with Crippen molar-refractivity contribution < 1.29 is 4.52 Å². The molecular formula is C13H16N2O. The van der Waals surface area contributed by atoms with E-state index < -0.39 is 0 Å². The number of rotatable bonds is 1. The summed E-state index contributed by atoms with van der Waals surface area (Å²) in [5, 5.41) is 3.88. The zero-order valence-electron chi connectivity index (χ0n) is 10.1. The van der Waals surface area contributed by atoms with E-state index in [-0.39, 0.29) is 5.41 Å². The van der Waals surface area contributed by atoms with Crippen LogP contribution in [-0.2, 0) is 5.41 Å². The maximum atomic E-state index is 5.23. The Labute approximate surface area is 95.5 Å². The summed E-state index contributed by atoms with van der Waals surface area (Å²) in [6.07, 6.45) is 3.70. The normalized spacial score (nSPS) is 11.8. The molecule has 0 bridgehead atoms. The molecule has 0 aliphatic heterocycles. The van der Waals surface area contributed by atoms with Crippen LogP contribution in [0.2, 0.25) is 0 Å². The first kappa shape index (κ1) is 10.9. The summed E-state index contributed by atoms with van der Waals surface area (Å²) < 4.78 is 5.23. The van der Waals surface area contributed by atoms with Crippen LogP contribution in [0.5, 0.6) is 0 Å². The van der Waals surface area contributed by atoms with Gasteiger partial charge in [0.1, 0.15) is 0 Å². The topological polar surface area (TPSA) is 38.9 Å². The van der Waals surface area contributed by atoms with Gasteiger partial charge in [-0.05, 0) is 24.0 Å². The standard InChI is InChI=1S/C13H16N2O/c1-9-5-12(16-15-9)10-6-11(8-14-7-10)13(2,3)4/h5-8H,1-4H3. The number of aryl methyl sites for hydroxylation is 1. The Morgan fingerprint density at radius 3 is 2.44 bits per heavy atom. The summed E-state index contributed by atoms with van der Waals surface area (Å²) in [4.78, 5) is 4.25. The maximum absolute atomic E-state index is 5.23. The molecule has 2 rings (SSSR count). The third-order valence-electron chi connectivity index (χ3n) is 2.52. The first-order valence-electron chi connectivity index (χ1n) is 5.36. The highest BCUT2D eigenvalue weighted by molar-refractivity contribution is 5.57. The fourth-order valence-corrected chi connectivity index (χ4v) is 1.48. The summed E-state index contributed by atoms with van der Waals surface area (Å²) in [6.45, 7) is 8.41. The third-order valence-corrected chi connectivity index (χ3v) is 2.52. The fourth-order valence-electron chi connectivity index (χ4n) is 1.48. The van der Waals surface area contributed by atoms with Crippen molar-refractivity contribution in [2.75, 3.05) is 0 Å². The van der Waals surface area contributed by atoms with Crippen LogP contribution in [-0.4, -0.2) is 10.1 Å². The van der Waals surface area contributed by atoms with Gasteiger partial charge in [0.25, 0.3) is 0 Å². The van der Waals surface area contributed by atoms with Crippen molar-refractivity contribution in [3.05, 3.63) is 35.8 Å². The molecule has 0 saturated heterocycles. The van der Waals surface area contributed by atoms with Crippen molar-refractivity contribution >= 4 is 0 Å². The molecule has 84 valence electrons. The van der Waals surface area contributed by atoms with Crippen molar-refractivity contribution in [3.8, 4) is 11.3 Å². The van der Waals surface area contributed by atoms with Gasteiger partial charge in [0.15, 0.2) is 5.76 Å². The molecule has 0 atom stereocenters. The molecule has 0 aromatic carbocycles. The average Bonchev–Trinajstić information content (AvgIpc) is 2.64. The first-order valence-corrected chi connectivity index (χ1v) is 5.36. The Morgan fingerprint density at radius 1 is 1.12 bits per heavy atom. The van der Waals surface area contributed by atoms with Crippen molar-refractivity contribution in [1.82, 2.24) is 10.1 Å². The molecule has 2 aromatic rings. The molecule has 0 N–H and O–H groups in total. The van der Waals surface area contributed by atoms with Crippen LogP contribution in [0.15, 0.2) is 29.0 Å². The number of hydrogen-bond acceptors (Lipinski definition) is 3. The molecule has 2 heterocycles. The molecule has 0 aliphatic rings. The van der Waals surface area contributed by atoms with Crippen LogP contribution in [0.25, 0.3) is 11.3 Å². The van der Waals surface area contributed by atoms with Crippen LogP contribution >= 0.6 is 0 Å². The minimum atomic E-state index is 0.0953. The van der Waals surface area contributed by atoms with Gasteiger partial charge in [-0.25, -0.2) is 0 Å². The minimum absolute atomic E-state index is 0.0953. The Hall–Kier alpha value is -1.64. The molecule has 3 heteroatoms. The second kappa shape index (κ2) is 3.74. The van der Waals surface area contributed by atoms with Gasteiger partial charge < -0.3 is 4.52 Å². The predicted octanol–water partition coefficient (Wildman–Crippen LogP) is 3.34. The summed E-state index contributed by atoms with van der Waals surface area (Å²) >= 11 is 0.